The first-order valence-corrected chi connectivity index (χ1v) is 9.68. The predicted molar refractivity (Wildman–Crippen MR) is 107 cm³/mol. The zero-order valence-electron chi connectivity index (χ0n) is 16.6. The average Bonchev–Trinajstić information content (AvgIpc) is 3.20. The minimum Gasteiger partial charge on any atom is -0.394 e. The van der Waals surface area contributed by atoms with E-state index in [1.165, 1.54) is 12.3 Å². The van der Waals surface area contributed by atoms with Crippen molar-refractivity contribution in [2.75, 3.05) is 6.61 Å². The summed E-state index contributed by atoms with van der Waals surface area (Å²) < 4.78 is 18.6. The van der Waals surface area contributed by atoms with Gasteiger partial charge in [0, 0.05) is 6.20 Å². The third-order valence-electron chi connectivity index (χ3n) is 5.16. The molecule has 2 aliphatic rings. The summed E-state index contributed by atoms with van der Waals surface area (Å²) in [5, 5.41) is 20.2. The van der Waals surface area contributed by atoms with E-state index in [1.807, 2.05) is 30.3 Å². The quantitative estimate of drug-likeness (QED) is 0.655. The number of benzene rings is 1. The molecule has 5 atom stereocenters. The molecule has 0 bridgehead atoms. The van der Waals surface area contributed by atoms with Crippen LogP contribution in [-0.4, -0.2) is 50.5 Å². The number of aromatic nitrogens is 2. The van der Waals surface area contributed by atoms with Crippen molar-refractivity contribution in [2.45, 2.75) is 50.3 Å². The molecule has 9 heteroatoms. The largest absolute Gasteiger partial charge is 0.394 e. The maximum Gasteiger partial charge on any atom is 0.330 e. The molecule has 0 amide bonds. The lowest BCUT2D eigenvalue weighted by molar-refractivity contribution is -0.200. The van der Waals surface area contributed by atoms with E-state index in [1.54, 1.807) is 19.9 Å². The Kier molecular flexibility index (Phi) is 5.48. The molecule has 1 aromatic heterocycles. The van der Waals surface area contributed by atoms with Crippen LogP contribution in [0.15, 0.2) is 52.2 Å². The van der Waals surface area contributed by atoms with Crippen LogP contribution >= 0.6 is 0 Å². The SMILES string of the molecule is CC1(C)O[C@@H]2[C@H](O1)[C@@H](CO)O[C@H]2n1cc(C(O)/C=C/c2ccccc2)c(=O)[nH]c1=O. The van der Waals surface area contributed by atoms with Gasteiger partial charge in [-0.05, 0) is 19.4 Å². The van der Waals surface area contributed by atoms with Crippen molar-refractivity contribution in [3.63, 3.8) is 0 Å². The number of fused-ring (bicyclic) bond motifs is 1. The molecule has 2 aliphatic heterocycles. The number of hydrogen-bond acceptors (Lipinski definition) is 7. The molecule has 2 aromatic rings. The maximum absolute atomic E-state index is 12.5. The zero-order chi connectivity index (χ0) is 21.5. The van der Waals surface area contributed by atoms with Gasteiger partial charge in [-0.25, -0.2) is 4.79 Å². The monoisotopic (exact) mass is 416 g/mol. The highest BCUT2D eigenvalue weighted by molar-refractivity contribution is 5.49. The second kappa shape index (κ2) is 7.93. The van der Waals surface area contributed by atoms with E-state index in [9.17, 15) is 19.8 Å². The van der Waals surface area contributed by atoms with Gasteiger partial charge in [0.15, 0.2) is 12.0 Å². The standard InChI is InChI=1S/C21H24N2O7/c1-21(2)29-16-15(11-24)28-19(17(16)30-21)23-10-13(18(26)22-20(23)27)14(25)9-8-12-6-4-3-5-7-12/h3-10,14-17,19,24-25H,11H2,1-2H3,(H,22,26,27)/b9-8+/t14?,15-,16-,17-,19-/m1/s1. The molecular weight excluding hydrogens is 392 g/mol. The Morgan fingerprint density at radius 2 is 1.90 bits per heavy atom. The molecule has 1 unspecified atom stereocenters. The lowest BCUT2D eigenvalue weighted by Crippen LogP contribution is -2.39. The molecule has 0 spiro atoms. The van der Waals surface area contributed by atoms with E-state index in [-0.39, 0.29) is 12.2 Å². The fourth-order valence-corrected chi connectivity index (χ4v) is 3.80. The molecule has 2 fully saturated rings. The molecule has 30 heavy (non-hydrogen) atoms. The van der Waals surface area contributed by atoms with E-state index < -0.39 is 47.7 Å². The summed E-state index contributed by atoms with van der Waals surface area (Å²) in [6, 6.07) is 9.30. The van der Waals surface area contributed by atoms with E-state index in [0.717, 1.165) is 10.1 Å². The molecule has 3 heterocycles. The Morgan fingerprint density at radius 3 is 2.60 bits per heavy atom. The lowest BCUT2D eigenvalue weighted by atomic mass is 10.1. The Balaban J connectivity index is 1.66. The molecule has 0 radical (unpaired) electrons. The van der Waals surface area contributed by atoms with Crippen molar-refractivity contribution in [3.8, 4) is 0 Å². The topological polar surface area (TPSA) is 123 Å². The van der Waals surface area contributed by atoms with Gasteiger partial charge in [-0.15, -0.1) is 0 Å². The van der Waals surface area contributed by atoms with Crippen molar-refractivity contribution in [1.82, 2.24) is 9.55 Å². The van der Waals surface area contributed by atoms with Crippen molar-refractivity contribution < 1.29 is 24.4 Å². The summed E-state index contributed by atoms with van der Waals surface area (Å²) in [7, 11) is 0. The molecule has 4 rings (SSSR count). The van der Waals surface area contributed by atoms with Crippen LogP contribution in [0, 0.1) is 0 Å². The molecule has 1 aromatic carbocycles. The van der Waals surface area contributed by atoms with Crippen molar-refractivity contribution in [1.29, 1.82) is 0 Å². The second-order valence-corrected chi connectivity index (χ2v) is 7.78. The normalized spacial score (nSPS) is 28.7. The van der Waals surface area contributed by atoms with Gasteiger partial charge < -0.3 is 24.4 Å². The maximum atomic E-state index is 12.5. The summed E-state index contributed by atoms with van der Waals surface area (Å²) in [5.74, 6) is -0.905. The van der Waals surface area contributed by atoms with E-state index in [0.29, 0.717) is 0 Å². The number of aromatic amines is 1. The van der Waals surface area contributed by atoms with Crippen LogP contribution in [0.1, 0.15) is 37.3 Å². The van der Waals surface area contributed by atoms with Gasteiger partial charge in [0.05, 0.1) is 12.2 Å². The summed E-state index contributed by atoms with van der Waals surface area (Å²) in [6.45, 7) is 3.15. The molecule has 9 nitrogen and oxygen atoms in total. The van der Waals surface area contributed by atoms with Crippen molar-refractivity contribution in [2.24, 2.45) is 0 Å². The van der Waals surface area contributed by atoms with Gasteiger partial charge in [0.2, 0.25) is 0 Å². The molecule has 0 saturated carbocycles. The van der Waals surface area contributed by atoms with Crippen LogP contribution in [0.2, 0.25) is 0 Å². The van der Waals surface area contributed by atoms with Gasteiger partial charge in [0.1, 0.15) is 24.4 Å². The van der Waals surface area contributed by atoms with E-state index in [4.69, 9.17) is 14.2 Å². The molecule has 2 saturated heterocycles. The summed E-state index contributed by atoms with van der Waals surface area (Å²) in [6.07, 6.45) is 0.308. The smallest absolute Gasteiger partial charge is 0.330 e. The van der Waals surface area contributed by atoms with Crippen LogP contribution in [0.4, 0.5) is 0 Å². The average molecular weight is 416 g/mol. The molecule has 160 valence electrons. The highest BCUT2D eigenvalue weighted by Gasteiger charge is 2.55. The number of nitrogens with one attached hydrogen (secondary N) is 1. The number of nitrogens with zero attached hydrogens (tertiary/aromatic N) is 1. The molecule has 3 N–H and O–H groups in total. The number of aliphatic hydroxyl groups excluding tert-OH is 2. The van der Waals surface area contributed by atoms with Crippen LogP contribution < -0.4 is 11.2 Å². The Labute approximate surface area is 172 Å². The van der Waals surface area contributed by atoms with Crippen LogP contribution in [0.3, 0.4) is 0 Å². The minimum atomic E-state index is -1.25. The second-order valence-electron chi connectivity index (χ2n) is 7.78. The summed E-state index contributed by atoms with van der Waals surface area (Å²) >= 11 is 0. The first-order valence-electron chi connectivity index (χ1n) is 9.68. The third kappa shape index (κ3) is 3.90. The summed E-state index contributed by atoms with van der Waals surface area (Å²) in [5.41, 5.74) is -0.572. The Morgan fingerprint density at radius 1 is 1.20 bits per heavy atom. The van der Waals surface area contributed by atoms with E-state index in [2.05, 4.69) is 4.98 Å². The third-order valence-corrected chi connectivity index (χ3v) is 5.16. The first kappa shape index (κ1) is 20.7. The fraction of sp³-hybridized carbons (Fsp3) is 0.429. The number of aliphatic hydroxyl groups is 2. The van der Waals surface area contributed by atoms with Crippen molar-refractivity contribution in [3.05, 3.63) is 74.6 Å². The molecule has 0 aliphatic carbocycles. The van der Waals surface area contributed by atoms with Gasteiger partial charge in [0.25, 0.3) is 5.56 Å². The van der Waals surface area contributed by atoms with E-state index >= 15 is 0 Å². The van der Waals surface area contributed by atoms with Gasteiger partial charge >= 0.3 is 5.69 Å². The summed E-state index contributed by atoms with van der Waals surface area (Å²) in [4.78, 5) is 27.0. The predicted octanol–water partition coefficient (Wildman–Crippen LogP) is 0.693. The zero-order valence-corrected chi connectivity index (χ0v) is 16.6. The number of hydrogen-bond donors (Lipinski definition) is 3. The van der Waals surface area contributed by atoms with Crippen LogP contribution in [0.5, 0.6) is 0 Å². The number of ether oxygens (including phenoxy) is 3. The highest BCUT2D eigenvalue weighted by Crippen LogP contribution is 2.42. The lowest BCUT2D eigenvalue weighted by Gasteiger charge is -2.24. The Hall–Kier alpha value is -2.56. The number of rotatable bonds is 5. The minimum absolute atomic E-state index is 0.0208. The van der Waals surface area contributed by atoms with Gasteiger partial charge in [-0.2, -0.15) is 0 Å². The van der Waals surface area contributed by atoms with Crippen LogP contribution in [0.25, 0.3) is 6.08 Å². The van der Waals surface area contributed by atoms with Crippen molar-refractivity contribution >= 4 is 6.08 Å². The highest BCUT2D eigenvalue weighted by atomic mass is 16.8. The van der Waals surface area contributed by atoms with Gasteiger partial charge in [-0.3, -0.25) is 14.3 Å². The van der Waals surface area contributed by atoms with Gasteiger partial charge in [-0.1, -0.05) is 42.5 Å². The number of H-pyrrole nitrogens is 1. The van der Waals surface area contributed by atoms with Crippen LogP contribution in [-0.2, 0) is 14.2 Å². The first-order chi connectivity index (χ1) is 14.3. The molecular formula is C21H24N2O7. The fourth-order valence-electron chi connectivity index (χ4n) is 3.80. The Bertz CT molecular complexity index is 1040.